The molecule has 4 rings (SSSR count). The topological polar surface area (TPSA) is 91.2 Å². The Bertz CT molecular complexity index is 1060. The van der Waals surface area contributed by atoms with Crippen LogP contribution >= 0.6 is 0 Å². The molecule has 1 unspecified atom stereocenters. The third kappa shape index (κ3) is 3.89. The third-order valence-electron chi connectivity index (χ3n) is 4.82. The van der Waals surface area contributed by atoms with E-state index < -0.39 is 12.0 Å². The van der Waals surface area contributed by atoms with Crippen molar-refractivity contribution in [3.63, 3.8) is 0 Å². The van der Waals surface area contributed by atoms with Crippen molar-refractivity contribution >= 4 is 11.9 Å². The van der Waals surface area contributed by atoms with Crippen molar-refractivity contribution in [3.05, 3.63) is 77.0 Å². The summed E-state index contributed by atoms with van der Waals surface area (Å²) in [6.07, 6.45) is 0.873. The van der Waals surface area contributed by atoms with Crippen LogP contribution in [0.25, 0.3) is 0 Å². The monoisotopic (exact) mass is 405 g/mol. The number of anilines is 1. The van der Waals surface area contributed by atoms with Gasteiger partial charge in [-0.05, 0) is 35.4 Å². The number of tetrazole rings is 1. The Morgan fingerprint density at radius 2 is 1.90 bits per heavy atom. The summed E-state index contributed by atoms with van der Waals surface area (Å²) in [4.78, 5) is 13.2. The fourth-order valence-electron chi connectivity index (χ4n) is 3.41. The van der Waals surface area contributed by atoms with Crippen LogP contribution in [-0.2, 0) is 16.1 Å². The average Bonchev–Trinajstić information content (AvgIpc) is 3.24. The van der Waals surface area contributed by atoms with Crippen LogP contribution < -0.4 is 10.1 Å². The maximum absolute atomic E-state index is 13.2. The number of carbonyl (C=O) groups is 1. The lowest BCUT2D eigenvalue weighted by Gasteiger charge is -2.28. The van der Waals surface area contributed by atoms with Crippen molar-refractivity contribution in [1.82, 2.24) is 20.2 Å². The normalized spacial score (nSPS) is 15.3. The molecule has 1 N–H and O–H groups in total. The molecule has 1 aliphatic heterocycles. The van der Waals surface area contributed by atoms with Gasteiger partial charge in [0.1, 0.15) is 18.4 Å². The van der Waals surface area contributed by atoms with Gasteiger partial charge in [-0.25, -0.2) is 4.79 Å². The molecule has 0 fully saturated rings. The summed E-state index contributed by atoms with van der Waals surface area (Å²) in [6, 6.07) is 16.6. The Hall–Kier alpha value is -3.68. The average molecular weight is 405 g/mol. The molecular formula is C22H23N5O3. The minimum Gasteiger partial charge on any atom is -0.493 e. The van der Waals surface area contributed by atoms with E-state index in [2.05, 4.69) is 20.8 Å². The number of benzene rings is 2. The van der Waals surface area contributed by atoms with Crippen molar-refractivity contribution in [2.24, 2.45) is 0 Å². The van der Waals surface area contributed by atoms with Crippen LogP contribution in [0.1, 0.15) is 37.4 Å². The lowest BCUT2D eigenvalue weighted by atomic mass is 9.95. The number of nitrogens with zero attached hydrogens (tertiary/aromatic N) is 4. The molecular weight excluding hydrogens is 382 g/mol. The molecule has 0 radical (unpaired) electrons. The predicted molar refractivity (Wildman–Crippen MR) is 111 cm³/mol. The van der Waals surface area contributed by atoms with Gasteiger partial charge < -0.3 is 14.8 Å². The molecule has 0 saturated carbocycles. The summed E-state index contributed by atoms with van der Waals surface area (Å²) >= 11 is 0. The summed E-state index contributed by atoms with van der Waals surface area (Å²) in [5, 5.41) is 15.0. The number of ether oxygens (including phenoxy) is 2. The highest BCUT2D eigenvalue weighted by atomic mass is 16.5. The second-order valence-electron chi connectivity index (χ2n) is 6.96. The Kier molecular flexibility index (Phi) is 5.74. The summed E-state index contributed by atoms with van der Waals surface area (Å²) in [5.74, 6) is 0.719. The lowest BCUT2D eigenvalue weighted by molar-refractivity contribution is -0.140. The standard InChI is InChI=1S/C22H23N5O3/c1-3-13-29-18-12-8-7-11-17(18)20-19(15(2)23-22-24-25-26-27(20)22)21(28)30-14-16-9-5-4-6-10-16/h4-12,20H,3,13-14H2,1-2H3,(H,23,24,26). The van der Waals surface area contributed by atoms with Crippen LogP contribution in [-0.4, -0.2) is 32.8 Å². The fraction of sp³-hybridized carbons (Fsp3) is 0.273. The molecule has 0 saturated heterocycles. The molecule has 1 atom stereocenters. The quantitative estimate of drug-likeness (QED) is 0.602. The SMILES string of the molecule is CCCOc1ccccc1C1C(C(=O)OCc2ccccc2)=C(C)Nc2nnnn21. The van der Waals surface area contributed by atoms with Crippen LogP contribution in [0.2, 0.25) is 0 Å². The van der Waals surface area contributed by atoms with E-state index >= 15 is 0 Å². The molecule has 30 heavy (non-hydrogen) atoms. The van der Waals surface area contributed by atoms with E-state index in [1.54, 1.807) is 4.68 Å². The number of carbonyl (C=O) groups excluding carboxylic acids is 1. The van der Waals surface area contributed by atoms with Gasteiger partial charge in [0.2, 0.25) is 5.95 Å². The smallest absolute Gasteiger partial charge is 0.338 e. The van der Waals surface area contributed by atoms with Gasteiger partial charge in [0, 0.05) is 11.3 Å². The van der Waals surface area contributed by atoms with E-state index in [4.69, 9.17) is 9.47 Å². The van der Waals surface area contributed by atoms with Gasteiger partial charge in [-0.2, -0.15) is 4.68 Å². The van der Waals surface area contributed by atoms with Crippen molar-refractivity contribution in [1.29, 1.82) is 0 Å². The summed E-state index contributed by atoms with van der Waals surface area (Å²) in [5.41, 5.74) is 2.80. The predicted octanol–water partition coefficient (Wildman–Crippen LogP) is 3.49. The van der Waals surface area contributed by atoms with Gasteiger partial charge in [-0.3, -0.25) is 0 Å². The van der Waals surface area contributed by atoms with Crippen LogP contribution in [0.3, 0.4) is 0 Å². The van der Waals surface area contributed by atoms with Crippen molar-refractivity contribution in [2.45, 2.75) is 32.9 Å². The highest BCUT2D eigenvalue weighted by molar-refractivity contribution is 5.92. The van der Waals surface area contributed by atoms with Gasteiger partial charge in [0.15, 0.2) is 0 Å². The molecule has 0 bridgehead atoms. The molecule has 2 heterocycles. The highest BCUT2D eigenvalue weighted by Crippen LogP contribution is 2.39. The first-order valence-electron chi connectivity index (χ1n) is 9.87. The first-order valence-corrected chi connectivity index (χ1v) is 9.87. The van der Waals surface area contributed by atoms with E-state index in [0.29, 0.717) is 29.6 Å². The number of fused-ring (bicyclic) bond motifs is 1. The number of hydrogen-bond donors (Lipinski definition) is 1. The zero-order valence-electron chi connectivity index (χ0n) is 16.9. The molecule has 2 aromatic carbocycles. The summed E-state index contributed by atoms with van der Waals surface area (Å²) in [7, 11) is 0. The zero-order valence-corrected chi connectivity index (χ0v) is 16.9. The number of para-hydroxylation sites is 1. The number of nitrogens with one attached hydrogen (secondary N) is 1. The highest BCUT2D eigenvalue weighted by Gasteiger charge is 2.36. The molecule has 0 amide bonds. The largest absolute Gasteiger partial charge is 0.493 e. The van der Waals surface area contributed by atoms with E-state index in [9.17, 15) is 4.79 Å². The van der Waals surface area contributed by atoms with Gasteiger partial charge >= 0.3 is 5.97 Å². The zero-order chi connectivity index (χ0) is 20.9. The number of rotatable bonds is 7. The molecule has 8 nitrogen and oxygen atoms in total. The first-order chi connectivity index (χ1) is 14.7. The molecule has 1 aliphatic rings. The van der Waals surface area contributed by atoms with Crippen LogP contribution in [0.4, 0.5) is 5.95 Å². The maximum Gasteiger partial charge on any atom is 0.338 e. The molecule has 8 heteroatoms. The van der Waals surface area contributed by atoms with Gasteiger partial charge in [0.05, 0.1) is 12.2 Å². The Labute approximate surface area is 174 Å². The minimum atomic E-state index is -0.562. The van der Waals surface area contributed by atoms with E-state index in [0.717, 1.165) is 17.5 Å². The van der Waals surface area contributed by atoms with Gasteiger partial charge in [-0.15, -0.1) is 0 Å². The number of esters is 1. The maximum atomic E-state index is 13.2. The third-order valence-corrected chi connectivity index (χ3v) is 4.82. The fourth-order valence-corrected chi connectivity index (χ4v) is 3.41. The molecule has 0 spiro atoms. The summed E-state index contributed by atoms with van der Waals surface area (Å²) in [6.45, 7) is 4.61. The minimum absolute atomic E-state index is 0.180. The van der Waals surface area contributed by atoms with Crippen LogP contribution in [0.5, 0.6) is 5.75 Å². The van der Waals surface area contributed by atoms with Crippen LogP contribution in [0, 0.1) is 0 Å². The Morgan fingerprint density at radius 1 is 1.13 bits per heavy atom. The van der Waals surface area contributed by atoms with Crippen molar-refractivity contribution in [2.75, 3.05) is 11.9 Å². The molecule has 0 aliphatic carbocycles. The number of allylic oxidation sites excluding steroid dienone is 1. The van der Waals surface area contributed by atoms with Crippen LogP contribution in [0.15, 0.2) is 65.9 Å². The lowest BCUT2D eigenvalue weighted by Crippen LogP contribution is -2.30. The van der Waals surface area contributed by atoms with Gasteiger partial charge in [-0.1, -0.05) is 60.6 Å². The number of hydrogen-bond acceptors (Lipinski definition) is 7. The van der Waals surface area contributed by atoms with Crippen molar-refractivity contribution < 1.29 is 14.3 Å². The van der Waals surface area contributed by atoms with Crippen molar-refractivity contribution in [3.8, 4) is 5.75 Å². The second-order valence-corrected chi connectivity index (χ2v) is 6.96. The molecule has 3 aromatic rings. The van der Waals surface area contributed by atoms with E-state index in [-0.39, 0.29) is 6.61 Å². The molecule has 154 valence electrons. The Morgan fingerprint density at radius 3 is 2.70 bits per heavy atom. The Balaban J connectivity index is 1.70. The van der Waals surface area contributed by atoms with Gasteiger partial charge in [0.25, 0.3) is 0 Å². The summed E-state index contributed by atoms with van der Waals surface area (Å²) < 4.78 is 13.2. The van der Waals surface area contributed by atoms with E-state index in [1.807, 2.05) is 68.4 Å². The number of aromatic nitrogens is 4. The second kappa shape index (κ2) is 8.77. The molecule has 1 aromatic heterocycles. The van der Waals surface area contributed by atoms with E-state index in [1.165, 1.54) is 0 Å². The first kappa shape index (κ1) is 19.6.